The first-order valence-electron chi connectivity index (χ1n) is 7.68. The van der Waals surface area contributed by atoms with Crippen LogP contribution in [0.4, 0.5) is 5.69 Å². The van der Waals surface area contributed by atoms with E-state index in [9.17, 15) is 4.79 Å². The van der Waals surface area contributed by atoms with Crippen molar-refractivity contribution < 1.29 is 4.79 Å². The van der Waals surface area contributed by atoms with Gasteiger partial charge in [-0.2, -0.15) is 0 Å². The Bertz CT molecular complexity index is 476. The number of anilines is 1. The minimum absolute atomic E-state index is 0.0338. The van der Waals surface area contributed by atoms with Gasteiger partial charge < -0.3 is 10.6 Å². The summed E-state index contributed by atoms with van der Waals surface area (Å²) in [7, 11) is 0. The van der Waals surface area contributed by atoms with Gasteiger partial charge in [-0.1, -0.05) is 39.0 Å². The van der Waals surface area contributed by atoms with Crippen LogP contribution in [0.5, 0.6) is 0 Å². The molecule has 1 fully saturated rings. The predicted molar refractivity (Wildman–Crippen MR) is 92.1 cm³/mol. The molecule has 0 aliphatic carbocycles. The summed E-state index contributed by atoms with van der Waals surface area (Å²) in [5.41, 5.74) is 2.16. The molecule has 1 amide bonds. The highest BCUT2D eigenvalue weighted by Gasteiger charge is 2.19. The summed E-state index contributed by atoms with van der Waals surface area (Å²) < 4.78 is 0. The second-order valence-corrected chi connectivity index (χ2v) is 7.89. The molecular weight excluding hydrogens is 280 g/mol. The number of amides is 1. The zero-order valence-electron chi connectivity index (χ0n) is 13.2. The fraction of sp³-hybridized carbons (Fsp3) is 0.588. The number of nitrogens with one attached hydrogen (secondary N) is 2. The minimum atomic E-state index is 0.0338. The van der Waals surface area contributed by atoms with E-state index >= 15 is 0 Å². The molecule has 1 aromatic rings. The third kappa shape index (κ3) is 5.04. The van der Waals surface area contributed by atoms with E-state index in [2.05, 4.69) is 37.5 Å². The Morgan fingerprint density at radius 1 is 1.29 bits per heavy atom. The molecule has 0 atom stereocenters. The Balaban J connectivity index is 1.90. The number of rotatable bonds is 4. The van der Waals surface area contributed by atoms with E-state index < -0.39 is 0 Å². The number of thioether (sulfide) groups is 1. The molecule has 0 bridgehead atoms. The predicted octanol–water partition coefficient (Wildman–Crippen LogP) is 3.41. The largest absolute Gasteiger partial charge is 0.325 e. The molecule has 0 saturated carbocycles. The second-order valence-electron chi connectivity index (χ2n) is 6.60. The van der Waals surface area contributed by atoms with Crippen LogP contribution >= 0.6 is 11.8 Å². The smallest absolute Gasteiger partial charge is 0.234 e. The molecule has 116 valence electrons. The topological polar surface area (TPSA) is 41.1 Å². The fourth-order valence-electron chi connectivity index (χ4n) is 2.59. The average Bonchev–Trinajstić information content (AvgIpc) is 2.46. The zero-order chi connectivity index (χ0) is 15.3. The van der Waals surface area contributed by atoms with E-state index in [0.29, 0.717) is 11.0 Å². The molecule has 1 aliphatic heterocycles. The Hall–Kier alpha value is -1.000. The van der Waals surface area contributed by atoms with Gasteiger partial charge in [0, 0.05) is 10.9 Å². The van der Waals surface area contributed by atoms with Crippen LogP contribution in [0.2, 0.25) is 0 Å². The average molecular weight is 306 g/mol. The molecule has 0 radical (unpaired) electrons. The van der Waals surface area contributed by atoms with Gasteiger partial charge in [-0.15, -0.1) is 11.8 Å². The Kier molecular flexibility index (Phi) is 5.71. The van der Waals surface area contributed by atoms with Crippen molar-refractivity contribution in [3.63, 3.8) is 0 Å². The third-order valence-corrected chi connectivity index (χ3v) is 5.12. The molecule has 21 heavy (non-hydrogen) atoms. The van der Waals surface area contributed by atoms with Crippen LogP contribution in [0.3, 0.4) is 0 Å². The van der Waals surface area contributed by atoms with Crippen LogP contribution in [0.25, 0.3) is 0 Å². The number of hydrogen-bond donors (Lipinski definition) is 2. The summed E-state index contributed by atoms with van der Waals surface area (Å²) in [5.74, 6) is 0.651. The highest BCUT2D eigenvalue weighted by Crippen LogP contribution is 2.29. The van der Waals surface area contributed by atoms with E-state index in [1.165, 1.54) is 5.56 Å². The summed E-state index contributed by atoms with van der Waals surface area (Å²) >= 11 is 1.79. The maximum Gasteiger partial charge on any atom is 0.234 e. The van der Waals surface area contributed by atoms with Crippen molar-refractivity contribution in [3.05, 3.63) is 29.8 Å². The summed E-state index contributed by atoms with van der Waals surface area (Å²) in [6, 6.07) is 8.09. The van der Waals surface area contributed by atoms with Crippen molar-refractivity contribution in [2.24, 2.45) is 0 Å². The molecule has 1 aromatic carbocycles. The van der Waals surface area contributed by atoms with Crippen LogP contribution in [-0.4, -0.2) is 30.0 Å². The molecule has 0 aromatic heterocycles. The Morgan fingerprint density at radius 3 is 2.62 bits per heavy atom. The normalized spacial score (nSPS) is 16.7. The van der Waals surface area contributed by atoms with Crippen molar-refractivity contribution in [2.45, 2.75) is 44.3 Å². The van der Waals surface area contributed by atoms with Gasteiger partial charge >= 0.3 is 0 Å². The van der Waals surface area contributed by atoms with Crippen molar-refractivity contribution >= 4 is 23.4 Å². The van der Waals surface area contributed by atoms with Crippen molar-refractivity contribution in [1.29, 1.82) is 0 Å². The lowest BCUT2D eigenvalue weighted by molar-refractivity contribution is -0.113. The standard InChI is InChI=1S/C17H26N2OS/c1-17(2,3)14-6-4-5-7-15(14)19-16(20)12-21-13-8-10-18-11-9-13/h4-7,13,18H,8-12H2,1-3H3,(H,19,20). The SMILES string of the molecule is CC(C)(C)c1ccccc1NC(=O)CSC1CCNCC1. The summed E-state index contributed by atoms with van der Waals surface area (Å²) in [6.07, 6.45) is 2.33. The maximum absolute atomic E-state index is 12.2. The van der Waals surface area contributed by atoms with Crippen molar-refractivity contribution in [3.8, 4) is 0 Å². The lowest BCUT2D eigenvalue weighted by Gasteiger charge is -2.24. The number of para-hydroxylation sites is 1. The highest BCUT2D eigenvalue weighted by molar-refractivity contribution is 8.00. The first-order valence-corrected chi connectivity index (χ1v) is 8.73. The molecule has 2 N–H and O–H groups in total. The number of piperidine rings is 1. The number of carbonyl (C=O) groups is 1. The quantitative estimate of drug-likeness (QED) is 0.895. The molecule has 3 nitrogen and oxygen atoms in total. The van der Waals surface area contributed by atoms with E-state index in [1.807, 2.05) is 18.2 Å². The molecule has 4 heteroatoms. The van der Waals surface area contributed by atoms with Gasteiger partial charge in [0.15, 0.2) is 0 Å². The van der Waals surface area contributed by atoms with Crippen LogP contribution in [0.1, 0.15) is 39.2 Å². The van der Waals surface area contributed by atoms with E-state index in [0.717, 1.165) is 31.6 Å². The van der Waals surface area contributed by atoms with Gasteiger partial charge in [-0.25, -0.2) is 0 Å². The first kappa shape index (κ1) is 16.4. The fourth-order valence-corrected chi connectivity index (χ4v) is 3.62. The molecule has 1 aliphatic rings. The minimum Gasteiger partial charge on any atom is -0.325 e. The number of hydrogen-bond acceptors (Lipinski definition) is 3. The van der Waals surface area contributed by atoms with Crippen LogP contribution in [0.15, 0.2) is 24.3 Å². The highest BCUT2D eigenvalue weighted by atomic mass is 32.2. The molecule has 0 spiro atoms. The van der Waals surface area contributed by atoms with E-state index in [-0.39, 0.29) is 11.3 Å². The second kappa shape index (κ2) is 7.32. The lowest BCUT2D eigenvalue weighted by Crippen LogP contribution is -2.30. The van der Waals surface area contributed by atoms with Gasteiger partial charge in [-0.05, 0) is 43.0 Å². The van der Waals surface area contributed by atoms with Crippen LogP contribution < -0.4 is 10.6 Å². The zero-order valence-corrected chi connectivity index (χ0v) is 14.1. The van der Waals surface area contributed by atoms with Crippen LogP contribution in [-0.2, 0) is 10.2 Å². The van der Waals surface area contributed by atoms with E-state index in [4.69, 9.17) is 0 Å². The first-order chi connectivity index (χ1) is 9.97. The number of benzene rings is 1. The monoisotopic (exact) mass is 306 g/mol. The maximum atomic E-state index is 12.2. The van der Waals surface area contributed by atoms with Gasteiger partial charge in [0.2, 0.25) is 5.91 Å². The van der Waals surface area contributed by atoms with Gasteiger partial charge in [0.1, 0.15) is 0 Å². The molecule has 0 unspecified atom stereocenters. The van der Waals surface area contributed by atoms with E-state index in [1.54, 1.807) is 11.8 Å². The molecule has 1 saturated heterocycles. The molecule has 2 rings (SSSR count). The molecule has 1 heterocycles. The van der Waals surface area contributed by atoms with Gasteiger partial charge in [0.05, 0.1) is 5.75 Å². The number of carbonyl (C=O) groups excluding carboxylic acids is 1. The third-order valence-electron chi connectivity index (χ3n) is 3.75. The molecular formula is C17H26N2OS. The lowest BCUT2D eigenvalue weighted by atomic mass is 9.86. The summed E-state index contributed by atoms with van der Waals surface area (Å²) in [4.78, 5) is 12.2. The van der Waals surface area contributed by atoms with Crippen LogP contribution in [0, 0.1) is 0 Å². The Morgan fingerprint density at radius 2 is 1.95 bits per heavy atom. The Labute approximate surface area is 132 Å². The summed E-state index contributed by atoms with van der Waals surface area (Å²) in [6.45, 7) is 8.66. The van der Waals surface area contributed by atoms with Gasteiger partial charge in [0.25, 0.3) is 0 Å². The summed E-state index contributed by atoms with van der Waals surface area (Å²) in [5, 5.41) is 7.05. The van der Waals surface area contributed by atoms with Crippen molar-refractivity contribution in [1.82, 2.24) is 5.32 Å². The van der Waals surface area contributed by atoms with Gasteiger partial charge in [-0.3, -0.25) is 4.79 Å². The van der Waals surface area contributed by atoms with Crippen molar-refractivity contribution in [2.75, 3.05) is 24.2 Å².